The number of thioether (sulfide) groups is 1. The van der Waals surface area contributed by atoms with Crippen LogP contribution in [0.15, 0.2) is 86.4 Å². The maximum Gasteiger partial charge on any atom is 0.266 e. The predicted octanol–water partition coefficient (Wildman–Crippen LogP) is 3.92. The van der Waals surface area contributed by atoms with Crippen LogP contribution in [-0.2, 0) is 4.79 Å². The molecule has 2 heterocycles. The topological polar surface area (TPSA) is 89.5 Å². The molecule has 1 N–H and O–H groups in total. The number of hydrogen-bond donors (Lipinski definition) is 1. The first-order chi connectivity index (χ1) is 15.0. The molecule has 0 spiro atoms. The van der Waals surface area contributed by atoms with E-state index in [9.17, 15) is 9.59 Å². The minimum absolute atomic E-state index is 0.0472. The summed E-state index contributed by atoms with van der Waals surface area (Å²) in [6.07, 6.45) is 1.54. The van der Waals surface area contributed by atoms with Crippen LogP contribution >= 0.6 is 11.8 Å². The van der Waals surface area contributed by atoms with Gasteiger partial charge in [0.2, 0.25) is 0 Å². The van der Waals surface area contributed by atoms with E-state index in [-0.39, 0.29) is 17.2 Å². The van der Waals surface area contributed by atoms with E-state index in [0.717, 1.165) is 5.56 Å². The summed E-state index contributed by atoms with van der Waals surface area (Å²) < 4.78 is 6.79. The number of rotatable bonds is 6. The first kappa shape index (κ1) is 20.6. The van der Waals surface area contributed by atoms with Gasteiger partial charge in [-0.05, 0) is 50.2 Å². The number of aryl methyl sites for hydroxylation is 1. The van der Waals surface area contributed by atoms with Crippen LogP contribution in [0.3, 0.4) is 0 Å². The number of furan rings is 1. The Morgan fingerprint density at radius 2 is 1.90 bits per heavy atom. The summed E-state index contributed by atoms with van der Waals surface area (Å²) in [5, 5.41) is 5.02. The van der Waals surface area contributed by atoms with E-state index < -0.39 is 0 Å². The molecule has 0 aliphatic carbocycles. The lowest BCUT2D eigenvalue weighted by atomic mass is 10.2. The zero-order valence-corrected chi connectivity index (χ0v) is 17.8. The lowest BCUT2D eigenvalue weighted by Crippen LogP contribution is -2.24. The lowest BCUT2D eigenvalue weighted by Gasteiger charge is -2.13. The Bertz CT molecular complexity index is 1310. The smallest absolute Gasteiger partial charge is 0.266 e. The Morgan fingerprint density at radius 1 is 1.13 bits per heavy atom. The number of hydrogen-bond acceptors (Lipinski definition) is 6. The van der Waals surface area contributed by atoms with Crippen molar-refractivity contribution in [1.82, 2.24) is 15.0 Å². The van der Waals surface area contributed by atoms with Crippen molar-refractivity contribution in [3.8, 4) is 5.69 Å². The molecule has 7 nitrogen and oxygen atoms in total. The van der Waals surface area contributed by atoms with E-state index in [1.165, 1.54) is 16.3 Å². The van der Waals surface area contributed by atoms with Gasteiger partial charge in [-0.15, -0.1) is 0 Å². The highest BCUT2D eigenvalue weighted by Crippen LogP contribution is 2.21. The molecule has 8 heteroatoms. The number of carbonyl (C=O) groups excluding carboxylic acids is 1. The fourth-order valence-electron chi connectivity index (χ4n) is 2.98. The second kappa shape index (κ2) is 9.01. The van der Waals surface area contributed by atoms with Crippen LogP contribution in [-0.4, -0.2) is 26.9 Å². The zero-order valence-electron chi connectivity index (χ0n) is 17.0. The molecule has 31 heavy (non-hydrogen) atoms. The minimum Gasteiger partial charge on any atom is -0.463 e. The summed E-state index contributed by atoms with van der Waals surface area (Å²) in [4.78, 5) is 30.2. The number of nitrogens with zero attached hydrogens (tertiary/aromatic N) is 3. The summed E-state index contributed by atoms with van der Waals surface area (Å²) >= 11 is 1.18. The molecular weight excluding hydrogens is 412 g/mol. The molecule has 0 aliphatic heterocycles. The normalized spacial score (nSPS) is 11.6. The molecule has 2 aromatic heterocycles. The van der Waals surface area contributed by atoms with Gasteiger partial charge in [-0.2, -0.15) is 5.10 Å². The van der Waals surface area contributed by atoms with E-state index in [1.54, 1.807) is 37.5 Å². The molecule has 156 valence electrons. The van der Waals surface area contributed by atoms with Crippen LogP contribution in [0.25, 0.3) is 16.6 Å². The van der Waals surface area contributed by atoms with Crippen molar-refractivity contribution in [2.75, 3.05) is 5.75 Å². The quantitative estimate of drug-likeness (QED) is 0.216. The van der Waals surface area contributed by atoms with Crippen LogP contribution in [0.4, 0.5) is 0 Å². The zero-order chi connectivity index (χ0) is 21.8. The highest BCUT2D eigenvalue weighted by molar-refractivity contribution is 7.99. The van der Waals surface area contributed by atoms with E-state index in [4.69, 9.17) is 4.42 Å². The molecule has 0 saturated heterocycles. The molecule has 0 unspecified atom stereocenters. The summed E-state index contributed by atoms with van der Waals surface area (Å²) in [5.41, 5.74) is 5.27. The van der Waals surface area contributed by atoms with Crippen LogP contribution in [0.5, 0.6) is 0 Å². The molecule has 0 fully saturated rings. The highest BCUT2D eigenvalue weighted by Gasteiger charge is 2.15. The molecule has 1 amide bonds. The maximum absolute atomic E-state index is 13.2. The summed E-state index contributed by atoms with van der Waals surface area (Å²) in [6, 6.07) is 18.3. The van der Waals surface area contributed by atoms with Gasteiger partial charge in [0.05, 0.1) is 28.6 Å². The van der Waals surface area contributed by atoms with Crippen molar-refractivity contribution in [3.05, 3.63) is 88.6 Å². The molecule has 4 aromatic rings. The van der Waals surface area contributed by atoms with E-state index in [1.807, 2.05) is 43.3 Å². The fourth-order valence-corrected chi connectivity index (χ4v) is 3.78. The molecule has 0 aliphatic rings. The van der Waals surface area contributed by atoms with Crippen molar-refractivity contribution in [1.29, 1.82) is 0 Å². The molecule has 0 radical (unpaired) electrons. The lowest BCUT2D eigenvalue weighted by molar-refractivity contribution is -0.118. The van der Waals surface area contributed by atoms with Crippen molar-refractivity contribution >= 4 is 34.3 Å². The van der Waals surface area contributed by atoms with Gasteiger partial charge < -0.3 is 4.42 Å². The van der Waals surface area contributed by atoms with Crippen molar-refractivity contribution < 1.29 is 9.21 Å². The molecule has 2 aromatic carbocycles. The van der Waals surface area contributed by atoms with Gasteiger partial charge in [-0.25, -0.2) is 10.4 Å². The molecule has 0 bridgehead atoms. The number of nitrogens with one attached hydrogen (secondary N) is 1. The first-order valence-electron chi connectivity index (χ1n) is 9.61. The molecule has 0 saturated carbocycles. The van der Waals surface area contributed by atoms with Crippen LogP contribution in [0.2, 0.25) is 0 Å². The third-order valence-electron chi connectivity index (χ3n) is 4.60. The van der Waals surface area contributed by atoms with Crippen LogP contribution < -0.4 is 11.0 Å². The Morgan fingerprint density at radius 3 is 2.65 bits per heavy atom. The average molecular weight is 433 g/mol. The molecular formula is C23H20N4O3S. The van der Waals surface area contributed by atoms with E-state index in [0.29, 0.717) is 33.2 Å². The largest absolute Gasteiger partial charge is 0.463 e. The number of benzene rings is 2. The van der Waals surface area contributed by atoms with E-state index in [2.05, 4.69) is 15.5 Å². The number of hydrazone groups is 1. The second-order valence-electron chi connectivity index (χ2n) is 6.89. The van der Waals surface area contributed by atoms with Gasteiger partial charge in [-0.1, -0.05) is 41.6 Å². The number of fused-ring (bicyclic) bond motifs is 1. The summed E-state index contributed by atoms with van der Waals surface area (Å²) in [5.74, 6) is 0.317. The predicted molar refractivity (Wildman–Crippen MR) is 122 cm³/mol. The third-order valence-corrected chi connectivity index (χ3v) is 5.53. The van der Waals surface area contributed by atoms with Gasteiger partial charge >= 0.3 is 0 Å². The Hall–Kier alpha value is -3.65. The monoisotopic (exact) mass is 432 g/mol. The van der Waals surface area contributed by atoms with Crippen LogP contribution in [0, 0.1) is 6.92 Å². The SMILES string of the molecule is C/C(=N\NC(=O)CSc1nc2ccccc2c(=O)n1-c1ccc(C)cc1)c1ccco1. The van der Waals surface area contributed by atoms with Gasteiger partial charge in [0.25, 0.3) is 11.5 Å². The average Bonchev–Trinajstić information content (AvgIpc) is 3.32. The number of amides is 1. The summed E-state index contributed by atoms with van der Waals surface area (Å²) in [7, 11) is 0. The molecule has 0 atom stereocenters. The standard InChI is InChI=1S/C23H20N4O3S/c1-15-9-11-17(12-10-15)27-22(29)18-6-3-4-7-19(18)24-23(27)31-14-21(28)26-25-16(2)20-8-5-13-30-20/h3-13H,14H2,1-2H3,(H,26,28)/b25-16+. The maximum atomic E-state index is 13.2. The second-order valence-corrected chi connectivity index (χ2v) is 7.83. The van der Waals surface area contributed by atoms with Crippen molar-refractivity contribution in [2.24, 2.45) is 5.10 Å². The van der Waals surface area contributed by atoms with Crippen LogP contribution in [0.1, 0.15) is 18.2 Å². The third kappa shape index (κ3) is 4.59. The Kier molecular flexibility index (Phi) is 5.99. The molecule has 4 rings (SSSR count). The van der Waals surface area contributed by atoms with Gasteiger partial charge in [-0.3, -0.25) is 14.2 Å². The summed E-state index contributed by atoms with van der Waals surface area (Å²) in [6.45, 7) is 3.72. The van der Waals surface area contributed by atoms with Crippen molar-refractivity contribution in [3.63, 3.8) is 0 Å². The van der Waals surface area contributed by atoms with Crippen molar-refractivity contribution in [2.45, 2.75) is 19.0 Å². The van der Waals surface area contributed by atoms with Gasteiger partial charge in [0, 0.05) is 0 Å². The Labute approximate surface area is 182 Å². The number of para-hydroxylation sites is 1. The Balaban J connectivity index is 1.61. The number of aromatic nitrogens is 2. The fraction of sp³-hybridized carbons (Fsp3) is 0.130. The number of carbonyl (C=O) groups is 1. The highest BCUT2D eigenvalue weighted by atomic mass is 32.2. The van der Waals surface area contributed by atoms with E-state index >= 15 is 0 Å². The first-order valence-corrected chi connectivity index (χ1v) is 10.6. The van der Waals surface area contributed by atoms with Gasteiger partial charge in [0.15, 0.2) is 5.16 Å². The van der Waals surface area contributed by atoms with Gasteiger partial charge in [0.1, 0.15) is 11.5 Å². The minimum atomic E-state index is -0.311.